The molecule has 0 aliphatic carbocycles. The second-order valence-corrected chi connectivity index (χ2v) is 11.6. The summed E-state index contributed by atoms with van der Waals surface area (Å²) in [5, 5.41) is 13.1. The van der Waals surface area contributed by atoms with E-state index < -0.39 is 17.7 Å². The molecule has 2 unspecified atom stereocenters. The number of hydrogen-bond donors (Lipinski definition) is 3. The standard InChI is InChI=1S/C33H33FN8O3/c1-19(42-32-28(31(35)37-18-38-32)29(39-42)21-14-23(43)16-36-15-21)30-27(24-5-3-4-6-25(24)33(44)45-30)20-7-8-26(34)22(13-20)17-41-11-9-40(2)10-12-41/h3-8,13-16,18-19,29,39,43H,9-12,17H2,1-2H3,(H2,35,37,38). The number of pyridine rings is 1. The number of anilines is 2. The molecule has 2 aliphatic rings. The predicted molar refractivity (Wildman–Crippen MR) is 169 cm³/mol. The first kappa shape index (κ1) is 28.8. The van der Waals surface area contributed by atoms with Crippen molar-refractivity contribution in [3.63, 3.8) is 0 Å². The van der Waals surface area contributed by atoms with Crippen LogP contribution >= 0.6 is 0 Å². The summed E-state index contributed by atoms with van der Waals surface area (Å²) in [6.45, 7) is 5.93. The van der Waals surface area contributed by atoms with Crippen molar-refractivity contribution in [2.75, 3.05) is 44.0 Å². The third-order valence-electron chi connectivity index (χ3n) is 8.71. The Morgan fingerprint density at radius 2 is 1.87 bits per heavy atom. The fourth-order valence-corrected chi connectivity index (χ4v) is 6.30. The summed E-state index contributed by atoms with van der Waals surface area (Å²) >= 11 is 0. The van der Waals surface area contributed by atoms with E-state index >= 15 is 4.39 Å². The van der Waals surface area contributed by atoms with E-state index in [0.717, 1.165) is 31.7 Å². The van der Waals surface area contributed by atoms with E-state index in [9.17, 15) is 9.90 Å². The van der Waals surface area contributed by atoms with Gasteiger partial charge < -0.3 is 20.2 Å². The van der Waals surface area contributed by atoms with Gasteiger partial charge in [-0.2, -0.15) is 0 Å². The van der Waals surface area contributed by atoms with Gasteiger partial charge in [0.25, 0.3) is 0 Å². The topological polar surface area (TPSA) is 137 Å². The highest BCUT2D eigenvalue weighted by atomic mass is 19.1. The SMILES string of the molecule is CC(c1oc(=O)c2ccccc2c1-c1ccc(F)c(CN2CCN(C)CC2)c1)N1NC(c2cncc(O)c2)c2c(N)ncnc21. The lowest BCUT2D eigenvalue weighted by molar-refractivity contribution is 0.147. The number of aromatic nitrogens is 3. The zero-order chi connectivity index (χ0) is 31.2. The van der Waals surface area contributed by atoms with Gasteiger partial charge in [-0.15, -0.1) is 0 Å². The minimum atomic E-state index is -0.591. The maximum atomic E-state index is 15.3. The molecule has 2 aromatic carbocycles. The Hall–Kier alpha value is -4.91. The molecule has 0 saturated carbocycles. The quantitative estimate of drug-likeness (QED) is 0.258. The first-order valence-corrected chi connectivity index (χ1v) is 14.8. The van der Waals surface area contributed by atoms with Crippen molar-refractivity contribution in [2.45, 2.75) is 25.6 Å². The highest BCUT2D eigenvalue weighted by molar-refractivity contribution is 5.97. The molecule has 3 aromatic heterocycles. The van der Waals surface area contributed by atoms with E-state index in [4.69, 9.17) is 10.2 Å². The first-order valence-electron chi connectivity index (χ1n) is 14.8. The van der Waals surface area contributed by atoms with Crippen LogP contribution in [0.1, 0.15) is 41.5 Å². The van der Waals surface area contributed by atoms with E-state index in [1.807, 2.05) is 25.1 Å². The maximum Gasteiger partial charge on any atom is 0.343 e. The molecule has 7 rings (SSSR count). The highest BCUT2D eigenvalue weighted by Gasteiger charge is 2.38. The van der Waals surface area contributed by atoms with Crippen LogP contribution in [0, 0.1) is 5.82 Å². The molecule has 0 bridgehead atoms. The van der Waals surface area contributed by atoms with Crippen LogP contribution in [0.5, 0.6) is 5.75 Å². The van der Waals surface area contributed by atoms with Crippen molar-refractivity contribution >= 4 is 22.4 Å². The molecule has 0 radical (unpaired) electrons. The number of piperazine rings is 1. The second-order valence-electron chi connectivity index (χ2n) is 11.6. The van der Waals surface area contributed by atoms with Crippen LogP contribution in [-0.4, -0.2) is 63.1 Å². The number of fused-ring (bicyclic) bond motifs is 2. The van der Waals surface area contributed by atoms with Crippen LogP contribution < -0.4 is 21.8 Å². The Morgan fingerprint density at radius 3 is 2.64 bits per heavy atom. The first-order chi connectivity index (χ1) is 21.8. The number of rotatable bonds is 6. The van der Waals surface area contributed by atoms with E-state index in [1.165, 1.54) is 18.6 Å². The fraction of sp³-hybridized carbons (Fsp3) is 0.273. The monoisotopic (exact) mass is 608 g/mol. The number of halogens is 1. The lowest BCUT2D eigenvalue weighted by Crippen LogP contribution is -2.44. The van der Waals surface area contributed by atoms with Gasteiger partial charge in [0.15, 0.2) is 5.82 Å². The van der Waals surface area contributed by atoms with E-state index in [0.29, 0.717) is 51.1 Å². The molecule has 0 amide bonds. The molecular formula is C33H33FN8O3. The van der Waals surface area contributed by atoms with Crippen LogP contribution in [0.2, 0.25) is 0 Å². The Labute approximate surface area is 258 Å². The number of benzene rings is 2. The number of hydrogen-bond acceptors (Lipinski definition) is 11. The van der Waals surface area contributed by atoms with Crippen molar-refractivity contribution in [3.8, 4) is 16.9 Å². The number of likely N-dealkylation sites (N-methyl/N-ethyl adjacent to an activating group) is 1. The highest BCUT2D eigenvalue weighted by Crippen LogP contribution is 2.44. The zero-order valence-electron chi connectivity index (χ0n) is 24.9. The number of nitrogen functional groups attached to an aromatic ring is 1. The zero-order valence-corrected chi connectivity index (χ0v) is 24.9. The van der Waals surface area contributed by atoms with Gasteiger partial charge in [0.1, 0.15) is 35.5 Å². The van der Waals surface area contributed by atoms with Gasteiger partial charge in [-0.25, -0.2) is 24.6 Å². The molecule has 4 N–H and O–H groups in total. The van der Waals surface area contributed by atoms with Crippen molar-refractivity contribution in [2.24, 2.45) is 0 Å². The third kappa shape index (κ3) is 5.26. The number of hydrazine groups is 1. The van der Waals surface area contributed by atoms with Gasteiger partial charge in [-0.3, -0.25) is 14.9 Å². The molecule has 1 saturated heterocycles. The van der Waals surface area contributed by atoms with Gasteiger partial charge in [-0.1, -0.05) is 24.3 Å². The average molecular weight is 609 g/mol. The number of nitrogens with zero attached hydrogens (tertiary/aromatic N) is 6. The van der Waals surface area contributed by atoms with Gasteiger partial charge >= 0.3 is 5.63 Å². The molecule has 5 heterocycles. The second kappa shape index (κ2) is 11.5. The molecule has 12 heteroatoms. The molecule has 2 aliphatic heterocycles. The molecule has 45 heavy (non-hydrogen) atoms. The molecule has 1 fully saturated rings. The summed E-state index contributed by atoms with van der Waals surface area (Å²) in [5.41, 5.74) is 12.6. The summed E-state index contributed by atoms with van der Waals surface area (Å²) in [6.07, 6.45) is 4.35. The number of nitrogens with two attached hydrogens (primary N) is 1. The molecule has 2 atom stereocenters. The third-order valence-corrected chi connectivity index (χ3v) is 8.71. The number of nitrogens with one attached hydrogen (secondary N) is 1. The maximum absolute atomic E-state index is 15.3. The normalized spacial score (nSPS) is 17.9. The molecule has 11 nitrogen and oxygen atoms in total. The minimum absolute atomic E-state index is 0.00395. The Kier molecular flexibility index (Phi) is 7.40. The van der Waals surface area contributed by atoms with E-state index in [1.54, 1.807) is 35.5 Å². The average Bonchev–Trinajstić information content (AvgIpc) is 3.44. The van der Waals surface area contributed by atoms with Crippen LogP contribution in [0.15, 0.2) is 76.5 Å². The lowest BCUT2D eigenvalue weighted by atomic mass is 9.94. The summed E-state index contributed by atoms with van der Waals surface area (Å²) in [5.74, 6) is 0.868. The van der Waals surface area contributed by atoms with Crippen LogP contribution in [0.3, 0.4) is 0 Å². The summed E-state index contributed by atoms with van der Waals surface area (Å²) in [4.78, 5) is 30.8. The Balaban J connectivity index is 1.35. The summed E-state index contributed by atoms with van der Waals surface area (Å²) in [6, 6.07) is 12.8. The Morgan fingerprint density at radius 1 is 1.09 bits per heavy atom. The van der Waals surface area contributed by atoms with E-state index in [2.05, 4.69) is 37.2 Å². The van der Waals surface area contributed by atoms with Crippen LogP contribution in [-0.2, 0) is 6.54 Å². The molecule has 5 aromatic rings. The van der Waals surface area contributed by atoms with Crippen molar-refractivity contribution < 1.29 is 13.9 Å². The smallest absolute Gasteiger partial charge is 0.343 e. The van der Waals surface area contributed by atoms with Crippen molar-refractivity contribution in [3.05, 3.63) is 106 Å². The van der Waals surface area contributed by atoms with Crippen molar-refractivity contribution in [1.82, 2.24) is 30.2 Å². The number of aromatic hydroxyl groups is 1. The van der Waals surface area contributed by atoms with Crippen molar-refractivity contribution in [1.29, 1.82) is 0 Å². The van der Waals surface area contributed by atoms with Gasteiger partial charge in [-0.05, 0) is 49.4 Å². The molecular weight excluding hydrogens is 575 g/mol. The van der Waals surface area contributed by atoms with E-state index in [-0.39, 0.29) is 17.4 Å². The van der Waals surface area contributed by atoms with Crippen LogP contribution in [0.4, 0.5) is 16.0 Å². The molecule has 230 valence electrons. The predicted octanol–water partition coefficient (Wildman–Crippen LogP) is 3.99. The largest absolute Gasteiger partial charge is 0.506 e. The summed E-state index contributed by atoms with van der Waals surface area (Å²) in [7, 11) is 2.09. The lowest BCUT2D eigenvalue weighted by Gasteiger charge is -2.32. The molecule has 0 spiro atoms. The summed E-state index contributed by atoms with van der Waals surface area (Å²) < 4.78 is 21.4. The minimum Gasteiger partial charge on any atom is -0.506 e. The van der Waals surface area contributed by atoms with Gasteiger partial charge in [0.05, 0.1) is 23.2 Å². The van der Waals surface area contributed by atoms with Crippen LogP contribution in [0.25, 0.3) is 21.9 Å². The van der Waals surface area contributed by atoms with Gasteiger partial charge in [0, 0.05) is 55.4 Å². The fourth-order valence-electron chi connectivity index (χ4n) is 6.30. The van der Waals surface area contributed by atoms with Gasteiger partial charge in [0.2, 0.25) is 0 Å². The Bertz CT molecular complexity index is 1960.